The molecule has 1 spiro atoms. The smallest absolute Gasteiger partial charge is 0.164 e. The Hall–Kier alpha value is -0.750. The molecule has 5 nitrogen and oxygen atoms in total. The second kappa shape index (κ2) is 4.62. The number of Topliss-reactive ketones (excluding diaryl/α,β-unsaturated/α-hetero) is 1. The van der Waals surface area contributed by atoms with Gasteiger partial charge < -0.3 is 19.3 Å². The van der Waals surface area contributed by atoms with Gasteiger partial charge in [-0.15, -0.1) is 0 Å². The van der Waals surface area contributed by atoms with Gasteiger partial charge in [0.05, 0.1) is 12.7 Å². The van der Waals surface area contributed by atoms with Crippen molar-refractivity contribution in [2.45, 2.75) is 69.0 Å². The van der Waals surface area contributed by atoms with E-state index in [1.807, 2.05) is 20.8 Å². The maximum atomic E-state index is 12.2. The zero-order valence-electron chi connectivity index (χ0n) is 13.1. The lowest BCUT2D eigenvalue weighted by atomic mass is 9.65. The van der Waals surface area contributed by atoms with Crippen molar-refractivity contribution in [1.29, 1.82) is 0 Å². The molecule has 0 radical (unpaired) electrons. The highest BCUT2D eigenvalue weighted by Gasteiger charge is 2.81. The number of ketones is 1. The Morgan fingerprint density at radius 2 is 2.19 bits per heavy atom. The maximum absolute atomic E-state index is 12.2. The normalized spacial score (nSPS) is 48.3. The van der Waals surface area contributed by atoms with Crippen LogP contribution in [-0.4, -0.2) is 53.6 Å². The first-order chi connectivity index (χ1) is 9.81. The summed E-state index contributed by atoms with van der Waals surface area (Å²) in [6.45, 7) is 6.39. The molecule has 0 amide bonds. The highest BCUT2D eigenvalue weighted by Crippen LogP contribution is 2.61. The van der Waals surface area contributed by atoms with Crippen LogP contribution in [-0.2, 0) is 19.0 Å². The summed E-state index contributed by atoms with van der Waals surface area (Å²) in [5.41, 5.74) is -1.69. The summed E-state index contributed by atoms with van der Waals surface area (Å²) in [6.07, 6.45) is 2.75. The van der Waals surface area contributed by atoms with Crippen molar-refractivity contribution in [2.75, 3.05) is 13.7 Å². The minimum absolute atomic E-state index is 0.0705. The van der Waals surface area contributed by atoms with Crippen LogP contribution in [0.2, 0.25) is 0 Å². The molecule has 1 N–H and O–H groups in total. The van der Waals surface area contributed by atoms with Crippen LogP contribution in [0.25, 0.3) is 0 Å². The fourth-order valence-corrected chi connectivity index (χ4v) is 3.80. The molecule has 3 fully saturated rings. The molecule has 0 aromatic heterocycles. The second-order valence-corrected chi connectivity index (χ2v) is 6.86. The molecule has 0 aromatic carbocycles. The van der Waals surface area contributed by atoms with Crippen LogP contribution in [0.15, 0.2) is 11.6 Å². The highest BCUT2D eigenvalue weighted by molar-refractivity contribution is 5.87. The first-order valence-electron chi connectivity index (χ1n) is 7.54. The van der Waals surface area contributed by atoms with Gasteiger partial charge in [-0.2, -0.15) is 0 Å². The fraction of sp³-hybridized carbons (Fsp3) is 0.812. The summed E-state index contributed by atoms with van der Waals surface area (Å²) in [7, 11) is 1.46. The van der Waals surface area contributed by atoms with Gasteiger partial charge in [0.15, 0.2) is 11.4 Å². The van der Waals surface area contributed by atoms with E-state index < -0.39 is 22.9 Å². The Morgan fingerprint density at radius 1 is 1.52 bits per heavy atom. The summed E-state index contributed by atoms with van der Waals surface area (Å²) in [5, 5.41) is 11.4. The van der Waals surface area contributed by atoms with E-state index >= 15 is 0 Å². The molecule has 21 heavy (non-hydrogen) atoms. The molecule has 5 atom stereocenters. The number of hydrogen-bond acceptors (Lipinski definition) is 5. The molecule has 2 aliphatic heterocycles. The second-order valence-electron chi connectivity index (χ2n) is 6.86. The molecule has 3 aliphatic rings. The Balaban J connectivity index is 1.90. The van der Waals surface area contributed by atoms with Gasteiger partial charge in [0.2, 0.25) is 0 Å². The Labute approximate surface area is 125 Å². The first-order valence-corrected chi connectivity index (χ1v) is 7.54. The van der Waals surface area contributed by atoms with Gasteiger partial charge in [0, 0.05) is 13.5 Å². The van der Waals surface area contributed by atoms with E-state index in [2.05, 4.69) is 6.08 Å². The molecule has 2 unspecified atom stereocenters. The topological polar surface area (TPSA) is 71.6 Å². The third-order valence-corrected chi connectivity index (χ3v) is 5.31. The average molecular weight is 296 g/mol. The predicted molar refractivity (Wildman–Crippen MR) is 76.0 cm³/mol. The number of epoxide rings is 2. The summed E-state index contributed by atoms with van der Waals surface area (Å²) >= 11 is 0. The summed E-state index contributed by atoms with van der Waals surface area (Å²) in [5.74, 6) is -0.0705. The Kier molecular flexibility index (Phi) is 3.34. The number of rotatable bonds is 4. The lowest BCUT2D eigenvalue weighted by Crippen LogP contribution is -2.69. The minimum Gasteiger partial charge on any atom is -0.380 e. The molecule has 1 saturated carbocycles. The first kappa shape index (κ1) is 15.2. The standard InChI is InChI=1S/C16H24O5/c1-10(2)5-6-12-14(3,21-12)16(18)13(19-4)11(17)7-8-15(16)9-20-15/h5,12-13,18H,6-9H2,1-4H3/t12?,13-,14?,15+,16+/m1/s1. The SMILES string of the molecule is CO[C@@H]1C(=O)CC[C@]2(CO2)[C@@]1(O)C1(C)OC1CC=C(C)C. The minimum atomic E-state index is -1.41. The molecule has 0 aromatic rings. The van der Waals surface area contributed by atoms with Gasteiger partial charge in [-0.3, -0.25) is 4.79 Å². The molecule has 2 heterocycles. The number of ether oxygens (including phenoxy) is 3. The van der Waals surface area contributed by atoms with Gasteiger partial charge in [-0.05, 0) is 33.6 Å². The van der Waals surface area contributed by atoms with E-state index in [4.69, 9.17) is 14.2 Å². The van der Waals surface area contributed by atoms with Crippen molar-refractivity contribution in [2.24, 2.45) is 0 Å². The number of carbonyl (C=O) groups is 1. The van der Waals surface area contributed by atoms with Gasteiger partial charge in [-0.1, -0.05) is 11.6 Å². The summed E-state index contributed by atoms with van der Waals surface area (Å²) in [6, 6.07) is 0. The lowest BCUT2D eigenvalue weighted by molar-refractivity contribution is -0.193. The lowest BCUT2D eigenvalue weighted by Gasteiger charge is -2.45. The van der Waals surface area contributed by atoms with Crippen molar-refractivity contribution < 1.29 is 24.1 Å². The molecule has 1 aliphatic carbocycles. The predicted octanol–water partition coefficient (Wildman–Crippen LogP) is 1.38. The number of allylic oxidation sites excluding steroid dienone is 1. The number of hydrogen-bond donors (Lipinski definition) is 1. The van der Waals surface area contributed by atoms with Crippen LogP contribution < -0.4 is 0 Å². The van der Waals surface area contributed by atoms with Crippen LogP contribution in [0.3, 0.4) is 0 Å². The van der Waals surface area contributed by atoms with Crippen molar-refractivity contribution >= 4 is 5.78 Å². The third-order valence-electron chi connectivity index (χ3n) is 5.31. The highest BCUT2D eigenvalue weighted by atomic mass is 16.7. The van der Waals surface area contributed by atoms with Gasteiger partial charge in [0.25, 0.3) is 0 Å². The van der Waals surface area contributed by atoms with Crippen molar-refractivity contribution in [1.82, 2.24) is 0 Å². The van der Waals surface area contributed by atoms with Crippen LogP contribution in [0, 0.1) is 0 Å². The van der Waals surface area contributed by atoms with E-state index in [1.54, 1.807) is 0 Å². The number of carbonyl (C=O) groups excluding carboxylic acids is 1. The van der Waals surface area contributed by atoms with Crippen LogP contribution in [0.4, 0.5) is 0 Å². The van der Waals surface area contributed by atoms with Crippen LogP contribution >= 0.6 is 0 Å². The Morgan fingerprint density at radius 3 is 2.71 bits per heavy atom. The largest absolute Gasteiger partial charge is 0.380 e. The number of aliphatic hydroxyl groups is 1. The number of methoxy groups -OCH3 is 1. The zero-order chi connectivity index (χ0) is 15.5. The molecular formula is C16H24O5. The van der Waals surface area contributed by atoms with Gasteiger partial charge >= 0.3 is 0 Å². The van der Waals surface area contributed by atoms with Crippen molar-refractivity contribution in [3.05, 3.63) is 11.6 Å². The third kappa shape index (κ3) is 1.95. The maximum Gasteiger partial charge on any atom is 0.164 e. The quantitative estimate of drug-likeness (QED) is 0.627. The van der Waals surface area contributed by atoms with E-state index in [-0.39, 0.29) is 11.9 Å². The molecule has 5 heteroatoms. The van der Waals surface area contributed by atoms with Gasteiger partial charge in [-0.25, -0.2) is 0 Å². The molecule has 118 valence electrons. The molecule has 3 rings (SSSR count). The van der Waals surface area contributed by atoms with Crippen molar-refractivity contribution in [3.63, 3.8) is 0 Å². The van der Waals surface area contributed by atoms with E-state index in [1.165, 1.54) is 12.7 Å². The molecular weight excluding hydrogens is 272 g/mol. The van der Waals surface area contributed by atoms with E-state index in [0.29, 0.717) is 19.4 Å². The summed E-state index contributed by atoms with van der Waals surface area (Å²) in [4.78, 5) is 12.2. The zero-order valence-corrected chi connectivity index (χ0v) is 13.1. The average Bonchev–Trinajstić information content (AvgIpc) is 3.31. The van der Waals surface area contributed by atoms with Crippen molar-refractivity contribution in [3.8, 4) is 0 Å². The van der Waals surface area contributed by atoms with Crippen LogP contribution in [0.5, 0.6) is 0 Å². The Bertz CT molecular complexity index is 491. The van der Waals surface area contributed by atoms with E-state index in [9.17, 15) is 9.90 Å². The molecule has 2 saturated heterocycles. The molecule has 0 bridgehead atoms. The summed E-state index contributed by atoms with van der Waals surface area (Å²) < 4.78 is 16.8. The monoisotopic (exact) mass is 296 g/mol. The van der Waals surface area contributed by atoms with Crippen LogP contribution in [0.1, 0.15) is 40.0 Å². The van der Waals surface area contributed by atoms with Gasteiger partial charge in [0.1, 0.15) is 17.3 Å². The fourth-order valence-electron chi connectivity index (χ4n) is 3.80. The van der Waals surface area contributed by atoms with E-state index in [0.717, 1.165) is 6.42 Å².